The Morgan fingerprint density at radius 3 is 2.58 bits per heavy atom. The molecule has 0 heterocycles. The van der Waals surface area contributed by atoms with Gasteiger partial charge in [0.25, 0.3) is 0 Å². The quantitative estimate of drug-likeness (QED) is 0.896. The van der Waals surface area contributed by atoms with Crippen LogP contribution in [0.3, 0.4) is 0 Å². The molecule has 1 aromatic rings. The minimum Gasteiger partial charge on any atom is -0.389 e. The van der Waals surface area contributed by atoms with Crippen molar-refractivity contribution in [2.24, 2.45) is 5.92 Å². The number of halogens is 1. The Balaban J connectivity index is 2.21. The van der Waals surface area contributed by atoms with Crippen molar-refractivity contribution in [3.8, 4) is 0 Å². The largest absolute Gasteiger partial charge is 0.389 e. The van der Waals surface area contributed by atoms with Crippen molar-refractivity contribution < 1.29 is 9.50 Å². The van der Waals surface area contributed by atoms with Crippen LogP contribution < -0.4 is 4.90 Å². The number of benzene rings is 1. The van der Waals surface area contributed by atoms with Gasteiger partial charge in [-0.1, -0.05) is 25.8 Å². The minimum atomic E-state index is -0.623. The molecule has 106 valence electrons. The number of nitrogens with zero attached hydrogens (tertiary/aromatic N) is 1. The van der Waals surface area contributed by atoms with Crippen LogP contribution in [0.1, 0.15) is 51.2 Å². The first-order chi connectivity index (χ1) is 9.00. The maximum absolute atomic E-state index is 14.2. The highest BCUT2D eigenvalue weighted by molar-refractivity contribution is 5.50. The lowest BCUT2D eigenvalue weighted by Crippen LogP contribution is -2.39. The Bertz CT molecular complexity index is 433. The van der Waals surface area contributed by atoms with E-state index in [-0.39, 0.29) is 5.82 Å². The number of aliphatic hydroxyl groups excluding tert-OH is 1. The molecule has 1 aliphatic carbocycles. The van der Waals surface area contributed by atoms with Crippen molar-refractivity contribution >= 4 is 5.69 Å². The van der Waals surface area contributed by atoms with Crippen molar-refractivity contribution in [2.45, 2.75) is 51.7 Å². The van der Waals surface area contributed by atoms with Gasteiger partial charge in [0.2, 0.25) is 0 Å². The predicted molar refractivity (Wildman–Crippen MR) is 76.9 cm³/mol. The molecule has 0 bridgehead atoms. The summed E-state index contributed by atoms with van der Waals surface area (Å²) < 4.78 is 14.2. The summed E-state index contributed by atoms with van der Waals surface area (Å²) in [7, 11) is 1.98. The first-order valence-electron chi connectivity index (χ1n) is 7.21. The first-order valence-corrected chi connectivity index (χ1v) is 7.21. The van der Waals surface area contributed by atoms with Gasteiger partial charge in [-0.05, 0) is 43.4 Å². The van der Waals surface area contributed by atoms with E-state index in [0.717, 1.165) is 6.42 Å². The molecule has 1 aliphatic rings. The van der Waals surface area contributed by atoms with E-state index in [4.69, 9.17) is 0 Å². The maximum Gasteiger partial charge on any atom is 0.146 e. The fourth-order valence-corrected chi connectivity index (χ4v) is 3.12. The molecular weight excluding hydrogens is 241 g/mol. The maximum atomic E-state index is 14.2. The van der Waals surface area contributed by atoms with Crippen molar-refractivity contribution in [1.29, 1.82) is 0 Å². The molecule has 1 aromatic carbocycles. The van der Waals surface area contributed by atoms with Gasteiger partial charge in [-0.2, -0.15) is 0 Å². The lowest BCUT2D eigenvalue weighted by molar-refractivity contribution is 0.199. The van der Waals surface area contributed by atoms with E-state index in [0.29, 0.717) is 23.2 Å². The third-order valence-corrected chi connectivity index (χ3v) is 4.40. The van der Waals surface area contributed by atoms with Crippen molar-refractivity contribution in [3.05, 3.63) is 29.6 Å². The summed E-state index contributed by atoms with van der Waals surface area (Å²) in [5.41, 5.74) is 1.27. The van der Waals surface area contributed by atoms with Gasteiger partial charge >= 0.3 is 0 Å². The summed E-state index contributed by atoms with van der Waals surface area (Å²) in [6.45, 7) is 3.91. The van der Waals surface area contributed by atoms with E-state index >= 15 is 0 Å². The zero-order valence-electron chi connectivity index (χ0n) is 12.1. The van der Waals surface area contributed by atoms with Crippen LogP contribution in [0.5, 0.6) is 0 Å². The Morgan fingerprint density at radius 2 is 2.00 bits per heavy atom. The van der Waals surface area contributed by atoms with Crippen molar-refractivity contribution in [2.75, 3.05) is 11.9 Å². The van der Waals surface area contributed by atoms with Crippen LogP contribution in [0.4, 0.5) is 10.1 Å². The summed E-state index contributed by atoms with van der Waals surface area (Å²) in [5, 5.41) is 9.49. The molecule has 0 saturated heterocycles. The zero-order chi connectivity index (χ0) is 14.0. The van der Waals surface area contributed by atoms with E-state index in [2.05, 4.69) is 11.8 Å². The lowest BCUT2D eigenvalue weighted by atomic mass is 9.85. The standard InChI is InChI=1S/C16H24FNO/c1-11-6-4-5-7-15(11)18(3)16-9-8-13(12(2)19)10-14(16)17/h8-12,15,19H,4-7H2,1-3H3/t11?,12-,15?/m1/s1. The van der Waals surface area contributed by atoms with Crippen LogP contribution in [0, 0.1) is 11.7 Å². The summed E-state index contributed by atoms with van der Waals surface area (Å²) in [4.78, 5) is 2.07. The minimum absolute atomic E-state index is 0.237. The van der Waals surface area contributed by atoms with Gasteiger partial charge in [-0.15, -0.1) is 0 Å². The summed E-state index contributed by atoms with van der Waals surface area (Å²) in [6.07, 6.45) is 4.25. The van der Waals surface area contributed by atoms with Crippen LogP contribution in [0.15, 0.2) is 18.2 Å². The van der Waals surface area contributed by atoms with E-state index < -0.39 is 6.10 Å². The second kappa shape index (κ2) is 5.91. The smallest absolute Gasteiger partial charge is 0.146 e. The molecule has 0 radical (unpaired) electrons. The number of hydrogen-bond acceptors (Lipinski definition) is 2. The van der Waals surface area contributed by atoms with Crippen LogP contribution in [-0.2, 0) is 0 Å². The fraction of sp³-hybridized carbons (Fsp3) is 0.625. The Kier molecular flexibility index (Phi) is 4.46. The van der Waals surface area contributed by atoms with Gasteiger partial charge in [0, 0.05) is 13.1 Å². The Morgan fingerprint density at radius 1 is 1.32 bits per heavy atom. The molecule has 1 saturated carbocycles. The van der Waals surface area contributed by atoms with E-state index in [1.165, 1.54) is 25.3 Å². The molecule has 0 aliphatic heterocycles. The normalized spacial score (nSPS) is 25.1. The average molecular weight is 265 g/mol. The highest BCUT2D eigenvalue weighted by Gasteiger charge is 2.26. The molecule has 0 spiro atoms. The van der Waals surface area contributed by atoms with Crippen LogP contribution >= 0.6 is 0 Å². The molecule has 1 N–H and O–H groups in total. The second-order valence-corrected chi connectivity index (χ2v) is 5.83. The second-order valence-electron chi connectivity index (χ2n) is 5.83. The van der Waals surface area contributed by atoms with Gasteiger partial charge in [0.15, 0.2) is 0 Å². The van der Waals surface area contributed by atoms with E-state index in [9.17, 15) is 9.50 Å². The first kappa shape index (κ1) is 14.3. The molecule has 2 unspecified atom stereocenters. The molecular formula is C16H24FNO. The number of aliphatic hydroxyl groups is 1. The highest BCUT2D eigenvalue weighted by atomic mass is 19.1. The molecule has 2 nitrogen and oxygen atoms in total. The Hall–Kier alpha value is -1.09. The lowest BCUT2D eigenvalue weighted by Gasteiger charge is -2.37. The van der Waals surface area contributed by atoms with E-state index in [1.807, 2.05) is 13.1 Å². The molecule has 19 heavy (non-hydrogen) atoms. The topological polar surface area (TPSA) is 23.5 Å². The molecule has 1 fully saturated rings. The van der Waals surface area contributed by atoms with Gasteiger partial charge in [-0.3, -0.25) is 0 Å². The molecule has 0 aromatic heterocycles. The average Bonchev–Trinajstić information content (AvgIpc) is 2.38. The van der Waals surface area contributed by atoms with Gasteiger partial charge < -0.3 is 10.0 Å². The summed E-state index contributed by atoms with van der Waals surface area (Å²) >= 11 is 0. The third kappa shape index (κ3) is 3.08. The number of hydrogen-bond donors (Lipinski definition) is 1. The van der Waals surface area contributed by atoms with Gasteiger partial charge in [-0.25, -0.2) is 4.39 Å². The Labute approximate surface area is 115 Å². The van der Waals surface area contributed by atoms with Gasteiger partial charge in [0.1, 0.15) is 5.82 Å². The highest BCUT2D eigenvalue weighted by Crippen LogP contribution is 2.32. The van der Waals surface area contributed by atoms with Crippen molar-refractivity contribution in [1.82, 2.24) is 0 Å². The number of anilines is 1. The zero-order valence-corrected chi connectivity index (χ0v) is 12.1. The number of rotatable bonds is 3. The molecule has 3 heteroatoms. The van der Waals surface area contributed by atoms with Crippen LogP contribution in [0.2, 0.25) is 0 Å². The molecule has 0 amide bonds. The molecule has 3 atom stereocenters. The summed E-state index contributed by atoms with van der Waals surface area (Å²) in [5.74, 6) is 0.369. The van der Waals surface area contributed by atoms with Crippen LogP contribution in [-0.4, -0.2) is 18.2 Å². The SMILES string of the molecule is CC1CCCCC1N(C)c1ccc([C@@H](C)O)cc1F. The fourth-order valence-electron chi connectivity index (χ4n) is 3.12. The van der Waals surface area contributed by atoms with Crippen LogP contribution in [0.25, 0.3) is 0 Å². The summed E-state index contributed by atoms with van der Waals surface area (Å²) in [6, 6.07) is 5.47. The van der Waals surface area contributed by atoms with E-state index in [1.54, 1.807) is 13.0 Å². The predicted octanol–water partition coefficient (Wildman–Crippen LogP) is 3.89. The molecule has 2 rings (SSSR count). The monoisotopic (exact) mass is 265 g/mol. The van der Waals surface area contributed by atoms with Gasteiger partial charge in [0.05, 0.1) is 11.8 Å². The van der Waals surface area contributed by atoms with Crippen molar-refractivity contribution in [3.63, 3.8) is 0 Å². The third-order valence-electron chi connectivity index (χ3n) is 4.40.